The van der Waals surface area contributed by atoms with Gasteiger partial charge in [0.25, 0.3) is 0 Å². The molecular formula is C16H36FeO4P2S4. The van der Waals surface area contributed by atoms with Crippen LogP contribution in [0.25, 0.3) is 0 Å². The van der Waals surface area contributed by atoms with Crippen LogP contribution < -0.4 is 0 Å². The first kappa shape index (κ1) is 34.0. The summed E-state index contributed by atoms with van der Waals surface area (Å²) in [7, 11) is 0. The van der Waals surface area contributed by atoms with E-state index in [1.54, 1.807) is 0 Å². The van der Waals surface area contributed by atoms with Gasteiger partial charge in [-0.2, -0.15) is 0 Å². The maximum atomic E-state index is 5.33. The van der Waals surface area contributed by atoms with E-state index in [1.807, 2.05) is 0 Å². The van der Waals surface area contributed by atoms with Crippen LogP contribution in [-0.4, -0.2) is 26.4 Å². The molecule has 11 heteroatoms. The predicted molar refractivity (Wildman–Crippen MR) is 127 cm³/mol. The van der Waals surface area contributed by atoms with Crippen molar-refractivity contribution < 1.29 is 35.2 Å². The number of hydrogen-bond acceptors (Lipinski definition) is 8. The van der Waals surface area contributed by atoms with Gasteiger partial charge in [0, 0.05) is 0 Å². The Hall–Kier alpha value is 2.36. The first-order valence-electron chi connectivity index (χ1n) is 9.44. The fourth-order valence-electron chi connectivity index (χ4n) is 1.36. The van der Waals surface area contributed by atoms with Crippen LogP contribution in [0.5, 0.6) is 0 Å². The third-order valence-corrected chi connectivity index (χ3v) is 7.51. The first-order chi connectivity index (χ1) is 12.2. The van der Waals surface area contributed by atoms with Gasteiger partial charge in [-0.25, -0.2) is 0 Å². The third-order valence-electron chi connectivity index (χ3n) is 2.99. The molecule has 0 saturated heterocycles. The minimum absolute atomic E-state index is 0. The van der Waals surface area contributed by atoms with Crippen molar-refractivity contribution >= 4 is 59.5 Å². The molecule has 0 saturated carbocycles. The summed E-state index contributed by atoms with van der Waals surface area (Å²) in [5.74, 6) is 0. The second-order valence-corrected chi connectivity index (χ2v) is 15.6. The Bertz CT molecular complexity index is 343. The van der Waals surface area contributed by atoms with E-state index in [-0.39, 0.29) is 17.1 Å². The molecule has 0 aromatic carbocycles. The van der Waals surface area contributed by atoms with Gasteiger partial charge in [0.05, 0.1) is 37.8 Å². The van der Waals surface area contributed by atoms with Gasteiger partial charge in [0.15, 0.2) is 0 Å². The zero-order chi connectivity index (χ0) is 20.3. The average molecular weight is 539 g/mol. The summed E-state index contributed by atoms with van der Waals surface area (Å²) in [5, 5.41) is 0. The molecule has 0 N–H and O–H groups in total. The molecule has 0 aliphatic carbocycles. The number of rotatable bonds is 16. The van der Waals surface area contributed by atoms with E-state index in [2.05, 4.69) is 27.7 Å². The molecule has 166 valence electrons. The molecule has 0 spiro atoms. The monoisotopic (exact) mass is 538 g/mol. The summed E-state index contributed by atoms with van der Waals surface area (Å²) in [6.07, 6.45) is 8.41. The summed E-state index contributed by atoms with van der Waals surface area (Å²) in [5.41, 5.74) is -4.67. The van der Waals surface area contributed by atoms with E-state index in [0.717, 1.165) is 51.4 Å². The molecular weight excluding hydrogens is 502 g/mol. The largest absolute Gasteiger partial charge is 2.00 e. The molecule has 0 unspecified atom stereocenters. The SMILES string of the molecule is CCCCOP(=S)([S-])OCCCC.CCCCOP(=S)([S-])OCCCC.[Fe+2]. The second-order valence-electron chi connectivity index (χ2n) is 5.64. The van der Waals surface area contributed by atoms with Crippen molar-refractivity contribution in [3.63, 3.8) is 0 Å². The Labute approximate surface area is 199 Å². The Morgan fingerprint density at radius 3 is 0.889 bits per heavy atom. The van der Waals surface area contributed by atoms with Crippen molar-refractivity contribution in [3.05, 3.63) is 0 Å². The van der Waals surface area contributed by atoms with E-state index in [9.17, 15) is 0 Å². The van der Waals surface area contributed by atoms with E-state index < -0.39 is 11.4 Å². The van der Waals surface area contributed by atoms with Gasteiger partial charge in [-0.3, -0.25) is 0 Å². The average Bonchev–Trinajstić information content (AvgIpc) is 2.56. The Morgan fingerprint density at radius 1 is 0.556 bits per heavy atom. The van der Waals surface area contributed by atoms with Crippen LogP contribution in [0.3, 0.4) is 0 Å². The molecule has 27 heavy (non-hydrogen) atoms. The minimum atomic E-state index is -2.34. The summed E-state index contributed by atoms with van der Waals surface area (Å²) < 4.78 is 21.3. The molecule has 0 rings (SSSR count). The van der Waals surface area contributed by atoms with Gasteiger partial charge in [-0.05, 0) is 25.7 Å². The van der Waals surface area contributed by atoms with Crippen molar-refractivity contribution in [2.75, 3.05) is 26.4 Å². The molecule has 4 nitrogen and oxygen atoms in total. The van der Waals surface area contributed by atoms with Gasteiger partial charge >= 0.3 is 17.1 Å². The Balaban J connectivity index is -0.000000411. The smallest absolute Gasteiger partial charge is 0.691 e. The van der Waals surface area contributed by atoms with Crippen molar-refractivity contribution in [1.29, 1.82) is 0 Å². The quantitative estimate of drug-likeness (QED) is 0.0922. The zero-order valence-corrected chi connectivity index (χ0v) is 23.2. The topological polar surface area (TPSA) is 36.9 Å². The van der Waals surface area contributed by atoms with E-state index in [4.69, 9.17) is 66.2 Å². The van der Waals surface area contributed by atoms with Crippen LogP contribution in [0.15, 0.2) is 0 Å². The van der Waals surface area contributed by atoms with Gasteiger partial charge in [-0.15, -0.1) is 0 Å². The fourth-order valence-corrected chi connectivity index (χ4v) is 4.71. The summed E-state index contributed by atoms with van der Waals surface area (Å²) in [6.45, 7) is 11.0. The Kier molecular flexibility index (Phi) is 29.0. The predicted octanol–water partition coefficient (Wildman–Crippen LogP) is 6.78. The van der Waals surface area contributed by atoms with Gasteiger partial charge in [-0.1, -0.05) is 77.0 Å². The molecule has 0 aliphatic heterocycles. The standard InChI is InChI=1S/2C8H19O2PS2.Fe/c2*1-3-5-7-9-11(12,13)10-8-6-4-2;/h2*3-8H2,1-2H3,(H,12,13);/q;;+2/p-2. The minimum Gasteiger partial charge on any atom is -0.691 e. The number of hydrogen-bond donors (Lipinski definition) is 0. The van der Waals surface area contributed by atoms with Crippen LogP contribution in [0.1, 0.15) is 79.1 Å². The van der Waals surface area contributed by atoms with Gasteiger partial charge in [0.1, 0.15) is 0 Å². The summed E-state index contributed by atoms with van der Waals surface area (Å²) in [6, 6.07) is 0. The third kappa shape index (κ3) is 28.4. The van der Waals surface area contributed by atoms with Gasteiger partial charge < -0.3 is 42.6 Å². The molecule has 0 fully saturated rings. The molecule has 0 atom stereocenters. The zero-order valence-electron chi connectivity index (χ0n) is 17.0. The first-order valence-corrected chi connectivity index (χ1v) is 16.7. The molecule has 0 aromatic heterocycles. The molecule has 0 aromatic rings. The van der Waals surface area contributed by atoms with Crippen molar-refractivity contribution in [2.24, 2.45) is 0 Å². The van der Waals surface area contributed by atoms with Crippen LogP contribution in [0.4, 0.5) is 0 Å². The van der Waals surface area contributed by atoms with E-state index >= 15 is 0 Å². The summed E-state index contributed by atoms with van der Waals surface area (Å²) in [4.78, 5) is 0. The maximum absolute atomic E-state index is 5.33. The normalized spacial score (nSPS) is 11.5. The summed E-state index contributed by atoms with van der Waals surface area (Å²) >= 11 is 20.2. The van der Waals surface area contributed by atoms with Crippen LogP contribution >= 0.6 is 11.4 Å². The fraction of sp³-hybridized carbons (Fsp3) is 1.00. The van der Waals surface area contributed by atoms with Crippen molar-refractivity contribution in [2.45, 2.75) is 79.1 Å². The van der Waals surface area contributed by atoms with Crippen molar-refractivity contribution in [3.8, 4) is 0 Å². The second kappa shape index (κ2) is 23.0. The van der Waals surface area contributed by atoms with Crippen LogP contribution in [0, 0.1) is 0 Å². The molecule has 0 amide bonds. The van der Waals surface area contributed by atoms with Crippen LogP contribution in [0.2, 0.25) is 0 Å². The van der Waals surface area contributed by atoms with Crippen molar-refractivity contribution in [1.82, 2.24) is 0 Å². The maximum Gasteiger partial charge on any atom is 2.00 e. The molecule has 0 bridgehead atoms. The van der Waals surface area contributed by atoms with Gasteiger partial charge in [0.2, 0.25) is 0 Å². The Morgan fingerprint density at radius 2 is 0.741 bits per heavy atom. The molecule has 0 heterocycles. The molecule has 0 aliphatic rings. The molecule has 0 radical (unpaired) electrons. The number of unbranched alkanes of at least 4 members (excludes halogenated alkanes) is 4. The van der Waals surface area contributed by atoms with Crippen LogP contribution in [-0.2, 0) is 83.3 Å². The van der Waals surface area contributed by atoms with E-state index in [1.165, 1.54) is 0 Å². The van der Waals surface area contributed by atoms with E-state index in [0.29, 0.717) is 26.4 Å².